The third-order valence-electron chi connectivity index (χ3n) is 7.12. The molecule has 0 bridgehead atoms. The lowest BCUT2D eigenvalue weighted by Gasteiger charge is -2.36. The van der Waals surface area contributed by atoms with Crippen molar-refractivity contribution in [2.45, 2.75) is 72.6 Å². The summed E-state index contributed by atoms with van der Waals surface area (Å²) in [5, 5.41) is 0.565. The summed E-state index contributed by atoms with van der Waals surface area (Å²) in [4.78, 5) is 11.0. The zero-order valence-corrected chi connectivity index (χ0v) is 22.7. The summed E-state index contributed by atoms with van der Waals surface area (Å²) in [5.74, 6) is 1.94. The molecule has 3 rings (SSSR count). The van der Waals surface area contributed by atoms with E-state index in [9.17, 15) is 4.39 Å². The number of hydrogen-bond acceptors (Lipinski definition) is 3. The van der Waals surface area contributed by atoms with Gasteiger partial charge in [-0.1, -0.05) is 76.6 Å². The van der Waals surface area contributed by atoms with Gasteiger partial charge in [-0.05, 0) is 78.5 Å². The van der Waals surface area contributed by atoms with Crippen LogP contribution in [0.2, 0.25) is 5.02 Å². The first-order valence-electron chi connectivity index (χ1n) is 12.9. The molecule has 3 nitrogen and oxygen atoms in total. The summed E-state index contributed by atoms with van der Waals surface area (Å²) in [6.45, 7) is 19.2. The Balaban J connectivity index is 1.51. The van der Waals surface area contributed by atoms with Crippen molar-refractivity contribution in [3.63, 3.8) is 0 Å². The molecule has 1 saturated heterocycles. The highest BCUT2D eigenvalue weighted by atomic mass is 35.5. The molecule has 190 valence electrons. The second kappa shape index (κ2) is 12.2. The normalized spacial score (nSPS) is 15.8. The zero-order chi connectivity index (χ0) is 25.6. The van der Waals surface area contributed by atoms with Crippen molar-refractivity contribution in [2.24, 2.45) is 17.3 Å². The molecule has 1 aromatic heterocycles. The smallest absolute Gasteiger partial charge is 0.225 e. The molecule has 0 radical (unpaired) electrons. The minimum Gasteiger partial charge on any atom is -0.341 e. The quantitative estimate of drug-likeness (QED) is 0.308. The summed E-state index contributed by atoms with van der Waals surface area (Å²) in [7, 11) is 0. The van der Waals surface area contributed by atoms with Crippen molar-refractivity contribution in [1.82, 2.24) is 9.97 Å². The summed E-state index contributed by atoms with van der Waals surface area (Å²) >= 11 is 5.92. The fraction of sp³-hybridized carbons (Fsp3) is 0.533. The van der Waals surface area contributed by atoms with Gasteiger partial charge in [0, 0.05) is 13.1 Å². The maximum absolute atomic E-state index is 14.9. The Morgan fingerprint density at radius 2 is 1.83 bits per heavy atom. The van der Waals surface area contributed by atoms with Crippen LogP contribution in [-0.2, 0) is 6.42 Å². The highest BCUT2D eigenvalue weighted by Crippen LogP contribution is 2.34. The van der Waals surface area contributed by atoms with Gasteiger partial charge in [-0.2, -0.15) is 0 Å². The van der Waals surface area contributed by atoms with Crippen LogP contribution >= 0.6 is 11.6 Å². The Kier molecular flexibility index (Phi) is 9.52. The maximum atomic E-state index is 14.9. The fourth-order valence-corrected chi connectivity index (χ4v) is 5.41. The van der Waals surface area contributed by atoms with Crippen LogP contribution in [0.1, 0.15) is 77.3 Å². The van der Waals surface area contributed by atoms with Crippen LogP contribution in [0.4, 0.5) is 10.3 Å². The average Bonchev–Trinajstić information content (AvgIpc) is 2.80. The Morgan fingerprint density at radius 1 is 1.17 bits per heavy atom. The number of nitrogens with zero attached hydrogens (tertiary/aromatic N) is 3. The summed E-state index contributed by atoms with van der Waals surface area (Å²) in [5.41, 5.74) is 3.89. The number of hydrogen-bond donors (Lipinski definition) is 0. The first-order valence-corrected chi connectivity index (χ1v) is 13.3. The molecule has 0 spiro atoms. The van der Waals surface area contributed by atoms with Crippen molar-refractivity contribution in [3.8, 4) is 0 Å². The molecule has 1 atom stereocenters. The van der Waals surface area contributed by atoms with Crippen molar-refractivity contribution < 1.29 is 4.39 Å². The van der Waals surface area contributed by atoms with Crippen molar-refractivity contribution in [2.75, 3.05) is 18.0 Å². The molecule has 0 saturated carbocycles. The van der Waals surface area contributed by atoms with Gasteiger partial charge in [0.15, 0.2) is 0 Å². The lowest BCUT2D eigenvalue weighted by atomic mass is 9.79. The van der Waals surface area contributed by atoms with Crippen molar-refractivity contribution in [1.29, 1.82) is 0 Å². The molecule has 5 heteroatoms. The number of rotatable bonds is 10. The molecule has 1 aromatic carbocycles. The molecule has 1 aliphatic rings. The van der Waals surface area contributed by atoms with Crippen LogP contribution in [0, 0.1) is 23.1 Å². The number of benzene rings is 1. The van der Waals surface area contributed by atoms with Gasteiger partial charge in [0.1, 0.15) is 5.82 Å². The van der Waals surface area contributed by atoms with Crippen LogP contribution in [0.3, 0.4) is 0 Å². The van der Waals surface area contributed by atoms with Crippen LogP contribution in [0.15, 0.2) is 49.3 Å². The number of aromatic nitrogens is 2. The molecule has 35 heavy (non-hydrogen) atoms. The highest BCUT2D eigenvalue weighted by Gasteiger charge is 2.26. The van der Waals surface area contributed by atoms with Crippen LogP contribution < -0.4 is 4.90 Å². The van der Waals surface area contributed by atoms with Crippen LogP contribution in [0.5, 0.6) is 0 Å². The van der Waals surface area contributed by atoms with Crippen molar-refractivity contribution >= 4 is 23.1 Å². The second-order valence-corrected chi connectivity index (χ2v) is 11.7. The van der Waals surface area contributed by atoms with E-state index in [-0.39, 0.29) is 11.2 Å². The van der Waals surface area contributed by atoms with E-state index in [0.29, 0.717) is 23.3 Å². The van der Waals surface area contributed by atoms with E-state index in [1.54, 1.807) is 18.5 Å². The first-order chi connectivity index (χ1) is 16.6. The minimum atomic E-state index is -0.150. The minimum absolute atomic E-state index is 0.150. The number of halogens is 2. The van der Waals surface area contributed by atoms with E-state index in [2.05, 4.69) is 55.7 Å². The number of allylic oxidation sites excluding steroid dienone is 2. The second-order valence-electron chi connectivity index (χ2n) is 11.3. The molecule has 0 amide bonds. The molecule has 1 aliphatic heterocycles. The van der Waals surface area contributed by atoms with Gasteiger partial charge in [-0.3, -0.25) is 0 Å². The lowest BCUT2D eigenvalue weighted by molar-refractivity contribution is 0.254. The van der Waals surface area contributed by atoms with E-state index in [1.165, 1.54) is 0 Å². The fourth-order valence-electron chi connectivity index (χ4n) is 5.31. The van der Waals surface area contributed by atoms with Gasteiger partial charge in [-0.15, -0.1) is 0 Å². The van der Waals surface area contributed by atoms with E-state index in [0.717, 1.165) is 79.8 Å². The third-order valence-corrected chi connectivity index (χ3v) is 7.31. The lowest BCUT2D eigenvalue weighted by Crippen LogP contribution is -2.37. The first kappa shape index (κ1) is 27.4. The van der Waals surface area contributed by atoms with Gasteiger partial charge in [-0.25, -0.2) is 14.4 Å². The molecular weight excluding hydrogens is 457 g/mol. The molecule has 0 aliphatic carbocycles. The van der Waals surface area contributed by atoms with Crippen LogP contribution in [-0.4, -0.2) is 23.1 Å². The zero-order valence-electron chi connectivity index (χ0n) is 21.9. The molecular formula is C30H41ClFN3. The topological polar surface area (TPSA) is 29.0 Å². The van der Waals surface area contributed by atoms with E-state index in [1.807, 2.05) is 12.1 Å². The maximum Gasteiger partial charge on any atom is 0.225 e. The van der Waals surface area contributed by atoms with Crippen LogP contribution in [0.25, 0.3) is 5.57 Å². The van der Waals surface area contributed by atoms with Gasteiger partial charge >= 0.3 is 0 Å². The molecule has 2 aromatic rings. The van der Waals surface area contributed by atoms with Gasteiger partial charge in [0.05, 0.1) is 17.4 Å². The predicted octanol–water partition coefficient (Wildman–Crippen LogP) is 8.54. The molecule has 1 unspecified atom stereocenters. The summed E-state index contributed by atoms with van der Waals surface area (Å²) < 4.78 is 14.9. The molecule has 0 N–H and O–H groups in total. The van der Waals surface area contributed by atoms with Gasteiger partial charge < -0.3 is 4.90 Å². The number of anilines is 1. The standard InChI is InChI=1S/C30H41ClFN3/c1-7-23(24-12-14-35(15-13-24)29-33-19-27(31)20-34-29)9-8-22(3)25-10-11-26(28(32)17-25)16-21(2)18-30(4,5)6/h10-11,17,19-20,23-24H,2-3,7-9,12-16,18H2,1,4-6H3. The monoisotopic (exact) mass is 497 g/mol. The third kappa shape index (κ3) is 8.17. The van der Waals surface area contributed by atoms with Gasteiger partial charge in [0.2, 0.25) is 5.95 Å². The largest absolute Gasteiger partial charge is 0.341 e. The predicted molar refractivity (Wildman–Crippen MR) is 147 cm³/mol. The molecule has 2 heterocycles. The van der Waals surface area contributed by atoms with Gasteiger partial charge in [0.25, 0.3) is 0 Å². The Labute approximate surface area is 216 Å². The van der Waals surface area contributed by atoms with E-state index >= 15 is 0 Å². The van der Waals surface area contributed by atoms with Crippen molar-refractivity contribution in [3.05, 3.63) is 71.3 Å². The SMILES string of the molecule is C=C(Cc1ccc(C(=C)CCC(CC)C2CCN(c3ncc(Cl)cn3)CC2)cc1F)CC(C)(C)C. The molecule has 1 fully saturated rings. The Morgan fingerprint density at radius 3 is 2.40 bits per heavy atom. The summed E-state index contributed by atoms with van der Waals surface area (Å²) in [6.07, 6.45) is 10.2. The number of piperidine rings is 1. The average molecular weight is 498 g/mol. The Bertz CT molecular complexity index is 1000. The van der Waals surface area contributed by atoms with E-state index < -0.39 is 0 Å². The van der Waals surface area contributed by atoms with E-state index in [4.69, 9.17) is 11.6 Å². The highest BCUT2D eigenvalue weighted by molar-refractivity contribution is 6.30. The Hall–Kier alpha value is -2.20. The summed E-state index contributed by atoms with van der Waals surface area (Å²) in [6, 6.07) is 5.60.